The van der Waals surface area contributed by atoms with Crippen LogP contribution in [0.4, 0.5) is 0 Å². The molecule has 0 aromatic rings. The standard InChI is InChI=1S/C8H15NO3/c1-5(10)7(8(11)12-2)9-6-3-4-6/h5-7,9-10H,3-4H2,1-2H3/t5-,7+/m1/s1. The molecule has 2 atom stereocenters. The SMILES string of the molecule is COC(=O)[C@@H](NC1CC1)[C@@H](C)O. The van der Waals surface area contributed by atoms with Crippen LogP contribution in [-0.4, -0.2) is 36.4 Å². The van der Waals surface area contributed by atoms with Gasteiger partial charge in [0.05, 0.1) is 13.2 Å². The highest BCUT2D eigenvalue weighted by Gasteiger charge is 2.31. The zero-order valence-corrected chi connectivity index (χ0v) is 7.41. The summed E-state index contributed by atoms with van der Waals surface area (Å²) >= 11 is 0. The lowest BCUT2D eigenvalue weighted by molar-refractivity contribution is -0.145. The van der Waals surface area contributed by atoms with Crippen LogP contribution in [0.3, 0.4) is 0 Å². The third kappa shape index (κ3) is 2.46. The minimum absolute atomic E-state index is 0.392. The Morgan fingerprint density at radius 1 is 1.67 bits per heavy atom. The number of hydrogen-bond donors (Lipinski definition) is 2. The second kappa shape index (κ2) is 3.87. The molecule has 1 rings (SSSR count). The Kier molecular flexibility index (Phi) is 3.05. The molecule has 4 heteroatoms. The molecule has 0 amide bonds. The van der Waals surface area contributed by atoms with Crippen molar-refractivity contribution in [3.05, 3.63) is 0 Å². The number of ether oxygens (including phenoxy) is 1. The number of carbonyl (C=O) groups excluding carboxylic acids is 1. The van der Waals surface area contributed by atoms with Crippen molar-refractivity contribution in [3.63, 3.8) is 0 Å². The molecule has 12 heavy (non-hydrogen) atoms. The summed E-state index contributed by atoms with van der Waals surface area (Å²) in [7, 11) is 1.33. The van der Waals surface area contributed by atoms with Crippen molar-refractivity contribution in [2.45, 2.75) is 38.0 Å². The van der Waals surface area contributed by atoms with Crippen LogP contribution in [-0.2, 0) is 9.53 Å². The van der Waals surface area contributed by atoms with Gasteiger partial charge in [-0.05, 0) is 19.8 Å². The van der Waals surface area contributed by atoms with Gasteiger partial charge in [-0.25, -0.2) is 0 Å². The van der Waals surface area contributed by atoms with Gasteiger partial charge in [0.1, 0.15) is 6.04 Å². The van der Waals surface area contributed by atoms with Crippen molar-refractivity contribution in [1.29, 1.82) is 0 Å². The summed E-state index contributed by atoms with van der Waals surface area (Å²) in [5, 5.41) is 12.2. The topological polar surface area (TPSA) is 58.6 Å². The molecule has 2 N–H and O–H groups in total. The Morgan fingerprint density at radius 2 is 2.25 bits per heavy atom. The van der Waals surface area contributed by atoms with Crippen molar-refractivity contribution < 1.29 is 14.6 Å². The van der Waals surface area contributed by atoms with Crippen molar-refractivity contribution in [2.75, 3.05) is 7.11 Å². The van der Waals surface area contributed by atoms with Gasteiger partial charge in [-0.2, -0.15) is 0 Å². The fraction of sp³-hybridized carbons (Fsp3) is 0.875. The molecule has 0 unspecified atom stereocenters. The van der Waals surface area contributed by atoms with E-state index in [1.54, 1.807) is 6.92 Å². The molecule has 1 aliphatic carbocycles. The van der Waals surface area contributed by atoms with Gasteiger partial charge in [0, 0.05) is 6.04 Å². The van der Waals surface area contributed by atoms with Crippen LogP contribution in [0.5, 0.6) is 0 Å². The zero-order chi connectivity index (χ0) is 9.14. The van der Waals surface area contributed by atoms with Crippen molar-refractivity contribution in [2.24, 2.45) is 0 Å². The van der Waals surface area contributed by atoms with Gasteiger partial charge in [0.2, 0.25) is 0 Å². The summed E-state index contributed by atoms with van der Waals surface area (Å²) in [6.07, 6.45) is 1.47. The first-order chi connectivity index (χ1) is 5.65. The fourth-order valence-corrected chi connectivity index (χ4v) is 1.04. The van der Waals surface area contributed by atoms with E-state index in [0.29, 0.717) is 6.04 Å². The Labute approximate surface area is 71.9 Å². The molecule has 1 aliphatic rings. The number of methoxy groups -OCH3 is 1. The monoisotopic (exact) mass is 173 g/mol. The van der Waals surface area contributed by atoms with Crippen LogP contribution >= 0.6 is 0 Å². The van der Waals surface area contributed by atoms with Gasteiger partial charge in [0.25, 0.3) is 0 Å². The molecule has 70 valence electrons. The molecule has 0 saturated heterocycles. The Bertz CT molecular complexity index is 166. The minimum Gasteiger partial charge on any atom is -0.468 e. The number of esters is 1. The quantitative estimate of drug-likeness (QED) is 0.571. The number of nitrogens with one attached hydrogen (secondary N) is 1. The smallest absolute Gasteiger partial charge is 0.325 e. The number of rotatable bonds is 4. The molecule has 0 heterocycles. The van der Waals surface area contributed by atoms with Crippen LogP contribution in [0.1, 0.15) is 19.8 Å². The van der Waals surface area contributed by atoms with E-state index in [-0.39, 0.29) is 0 Å². The molecule has 4 nitrogen and oxygen atoms in total. The third-order valence-corrected chi connectivity index (χ3v) is 1.93. The summed E-state index contributed by atoms with van der Waals surface area (Å²) in [4.78, 5) is 11.1. The van der Waals surface area contributed by atoms with Crippen LogP contribution in [0.15, 0.2) is 0 Å². The maximum absolute atomic E-state index is 11.1. The van der Waals surface area contributed by atoms with Crippen LogP contribution in [0.25, 0.3) is 0 Å². The molecule has 0 bridgehead atoms. The zero-order valence-electron chi connectivity index (χ0n) is 7.41. The highest BCUT2D eigenvalue weighted by Crippen LogP contribution is 2.20. The van der Waals surface area contributed by atoms with E-state index in [0.717, 1.165) is 12.8 Å². The first kappa shape index (κ1) is 9.48. The minimum atomic E-state index is -0.696. The van der Waals surface area contributed by atoms with Crippen molar-refractivity contribution >= 4 is 5.97 Å². The fourth-order valence-electron chi connectivity index (χ4n) is 1.04. The van der Waals surface area contributed by atoms with Crippen molar-refractivity contribution in [1.82, 2.24) is 5.32 Å². The number of aliphatic hydroxyl groups excluding tert-OH is 1. The first-order valence-electron chi connectivity index (χ1n) is 4.17. The lowest BCUT2D eigenvalue weighted by Crippen LogP contribution is -2.46. The molecule has 1 fully saturated rings. The molecule has 0 aromatic carbocycles. The molecule has 0 spiro atoms. The van der Waals surface area contributed by atoms with Gasteiger partial charge < -0.3 is 9.84 Å². The Balaban J connectivity index is 2.41. The normalized spacial score (nSPS) is 21.6. The molecule has 0 aromatic heterocycles. The summed E-state index contributed by atoms with van der Waals surface area (Å²) in [6.45, 7) is 1.58. The summed E-state index contributed by atoms with van der Waals surface area (Å²) in [5.74, 6) is -0.392. The van der Waals surface area contributed by atoms with Gasteiger partial charge >= 0.3 is 5.97 Å². The van der Waals surface area contributed by atoms with Gasteiger partial charge in [-0.15, -0.1) is 0 Å². The van der Waals surface area contributed by atoms with E-state index in [4.69, 9.17) is 0 Å². The second-order valence-corrected chi connectivity index (χ2v) is 3.18. The number of aliphatic hydroxyl groups is 1. The second-order valence-electron chi connectivity index (χ2n) is 3.18. The van der Waals surface area contributed by atoms with E-state index in [1.165, 1.54) is 7.11 Å². The predicted molar refractivity (Wildman–Crippen MR) is 43.6 cm³/mol. The van der Waals surface area contributed by atoms with Gasteiger partial charge in [0.15, 0.2) is 0 Å². The average Bonchev–Trinajstić information content (AvgIpc) is 2.81. The highest BCUT2D eigenvalue weighted by atomic mass is 16.5. The van der Waals surface area contributed by atoms with E-state index in [2.05, 4.69) is 10.1 Å². The molecular formula is C8H15NO3. The summed E-state index contributed by atoms with van der Waals surface area (Å²) in [6, 6.07) is -0.175. The lowest BCUT2D eigenvalue weighted by atomic mass is 10.2. The van der Waals surface area contributed by atoms with E-state index >= 15 is 0 Å². The Morgan fingerprint density at radius 3 is 2.58 bits per heavy atom. The molecule has 0 radical (unpaired) electrons. The van der Waals surface area contributed by atoms with Gasteiger partial charge in [-0.3, -0.25) is 10.1 Å². The summed E-state index contributed by atoms with van der Waals surface area (Å²) in [5.41, 5.74) is 0. The van der Waals surface area contributed by atoms with E-state index in [1.807, 2.05) is 0 Å². The van der Waals surface area contributed by atoms with Crippen molar-refractivity contribution in [3.8, 4) is 0 Å². The molecule has 0 aliphatic heterocycles. The number of hydrogen-bond acceptors (Lipinski definition) is 4. The van der Waals surface area contributed by atoms with Gasteiger partial charge in [-0.1, -0.05) is 0 Å². The predicted octanol–water partition coefficient (Wildman–Crippen LogP) is -0.339. The third-order valence-electron chi connectivity index (χ3n) is 1.93. The maximum Gasteiger partial charge on any atom is 0.325 e. The van der Waals surface area contributed by atoms with Crippen LogP contribution in [0, 0.1) is 0 Å². The van der Waals surface area contributed by atoms with Crippen LogP contribution < -0.4 is 5.32 Å². The maximum atomic E-state index is 11.1. The van der Waals surface area contributed by atoms with E-state index < -0.39 is 18.1 Å². The molecule has 1 saturated carbocycles. The lowest BCUT2D eigenvalue weighted by Gasteiger charge is -2.18. The molecular weight excluding hydrogens is 158 g/mol. The van der Waals surface area contributed by atoms with Crippen LogP contribution in [0.2, 0.25) is 0 Å². The summed E-state index contributed by atoms with van der Waals surface area (Å²) < 4.78 is 4.54. The van der Waals surface area contributed by atoms with E-state index in [9.17, 15) is 9.90 Å². The average molecular weight is 173 g/mol. The highest BCUT2D eigenvalue weighted by molar-refractivity contribution is 5.76. The Hall–Kier alpha value is -0.610. The largest absolute Gasteiger partial charge is 0.468 e. The first-order valence-corrected chi connectivity index (χ1v) is 4.17. The number of carbonyl (C=O) groups is 1.